The molecule has 0 spiro atoms. The molecule has 1 aromatic rings. The molecule has 0 heterocycles. The van der Waals surface area contributed by atoms with E-state index in [-0.39, 0.29) is 0 Å². The molecule has 0 aliphatic heterocycles. The maximum Gasteiger partial charge on any atom is 0.150 e. The van der Waals surface area contributed by atoms with Crippen molar-refractivity contribution in [3.05, 3.63) is 23.8 Å². The molecule has 0 atom stereocenters. The third-order valence-electron chi connectivity index (χ3n) is 1.63. The predicted octanol–water partition coefficient (Wildman–Crippen LogP) is 1.55. The lowest BCUT2D eigenvalue weighted by atomic mass is 10.2. The number of methoxy groups -OCH3 is 1. The maximum absolute atomic E-state index is 10.4. The highest BCUT2D eigenvalue weighted by Crippen LogP contribution is 2.23. The first-order valence-electron chi connectivity index (χ1n) is 3.62. The van der Waals surface area contributed by atoms with E-state index in [1.165, 1.54) is 0 Å². The lowest BCUT2D eigenvalue weighted by Crippen LogP contribution is -1.94. The second kappa shape index (κ2) is 3.76. The van der Waals surface area contributed by atoms with E-state index in [0.717, 1.165) is 12.0 Å². The fourth-order valence-corrected chi connectivity index (χ4v) is 0.988. The average molecular weight is 165 g/mol. The molecule has 1 aromatic carbocycles. The van der Waals surface area contributed by atoms with Crippen molar-refractivity contribution in [2.75, 3.05) is 19.5 Å². The van der Waals surface area contributed by atoms with Gasteiger partial charge in [-0.3, -0.25) is 4.79 Å². The summed E-state index contributed by atoms with van der Waals surface area (Å²) < 4.78 is 5.06. The van der Waals surface area contributed by atoms with E-state index >= 15 is 0 Å². The Morgan fingerprint density at radius 1 is 1.50 bits per heavy atom. The average Bonchev–Trinajstić information content (AvgIpc) is 2.16. The Labute approximate surface area is 71.4 Å². The minimum absolute atomic E-state index is 0.617. The molecule has 0 aliphatic carbocycles. The number of rotatable bonds is 3. The molecule has 3 nitrogen and oxygen atoms in total. The minimum atomic E-state index is 0.617. The smallest absolute Gasteiger partial charge is 0.150 e. The van der Waals surface area contributed by atoms with Crippen LogP contribution in [0.2, 0.25) is 0 Å². The molecule has 0 bridgehead atoms. The molecule has 12 heavy (non-hydrogen) atoms. The lowest BCUT2D eigenvalue weighted by molar-refractivity contribution is 0.112. The van der Waals surface area contributed by atoms with Crippen LogP contribution in [0.3, 0.4) is 0 Å². The van der Waals surface area contributed by atoms with E-state index in [4.69, 9.17) is 4.74 Å². The largest absolute Gasteiger partial charge is 0.495 e. The summed E-state index contributed by atoms with van der Waals surface area (Å²) in [6.07, 6.45) is 0.794. The van der Waals surface area contributed by atoms with Crippen LogP contribution in [0.25, 0.3) is 0 Å². The van der Waals surface area contributed by atoms with E-state index in [0.29, 0.717) is 11.3 Å². The van der Waals surface area contributed by atoms with Gasteiger partial charge in [-0.2, -0.15) is 0 Å². The van der Waals surface area contributed by atoms with Gasteiger partial charge >= 0.3 is 0 Å². The molecule has 0 aromatic heterocycles. The van der Waals surface area contributed by atoms with Crippen LogP contribution in [-0.4, -0.2) is 20.4 Å². The second-order valence-electron chi connectivity index (χ2n) is 2.33. The number of carbonyl (C=O) groups excluding carboxylic acids is 1. The summed E-state index contributed by atoms with van der Waals surface area (Å²) in [5.74, 6) is 0.683. The van der Waals surface area contributed by atoms with Crippen molar-refractivity contribution in [2.45, 2.75) is 0 Å². The molecule has 0 saturated carbocycles. The third-order valence-corrected chi connectivity index (χ3v) is 1.63. The molecule has 0 amide bonds. The van der Waals surface area contributed by atoms with Crippen LogP contribution in [0.5, 0.6) is 5.75 Å². The third kappa shape index (κ3) is 1.56. The monoisotopic (exact) mass is 165 g/mol. The first-order valence-corrected chi connectivity index (χ1v) is 3.62. The molecule has 0 unspecified atom stereocenters. The van der Waals surface area contributed by atoms with Gasteiger partial charge in [0.05, 0.1) is 12.8 Å². The number of hydrogen-bond acceptors (Lipinski definition) is 3. The number of benzene rings is 1. The quantitative estimate of drug-likeness (QED) is 0.690. The summed E-state index contributed by atoms with van der Waals surface area (Å²) in [5, 5.41) is 2.96. The molecule has 0 radical (unpaired) electrons. The van der Waals surface area contributed by atoms with Crippen molar-refractivity contribution in [1.82, 2.24) is 0 Å². The Hall–Kier alpha value is -1.51. The SMILES string of the molecule is CNc1ccc(C=O)cc1OC. The second-order valence-corrected chi connectivity index (χ2v) is 2.33. The Balaban J connectivity index is 3.10. The Morgan fingerprint density at radius 3 is 2.75 bits per heavy atom. The van der Waals surface area contributed by atoms with E-state index in [9.17, 15) is 4.79 Å². The molecular weight excluding hydrogens is 154 g/mol. The molecule has 0 saturated heterocycles. The number of anilines is 1. The van der Waals surface area contributed by atoms with Crippen molar-refractivity contribution >= 4 is 12.0 Å². The van der Waals surface area contributed by atoms with Crippen molar-refractivity contribution in [2.24, 2.45) is 0 Å². The van der Waals surface area contributed by atoms with Crippen molar-refractivity contribution in [3.63, 3.8) is 0 Å². The Morgan fingerprint density at radius 2 is 2.25 bits per heavy atom. The standard InChI is InChI=1S/C9H11NO2/c1-10-8-4-3-7(6-11)5-9(8)12-2/h3-6,10H,1-2H3. The Bertz CT molecular complexity index is 284. The van der Waals surface area contributed by atoms with Crippen molar-refractivity contribution in [3.8, 4) is 5.75 Å². The van der Waals surface area contributed by atoms with E-state index in [1.807, 2.05) is 6.07 Å². The maximum atomic E-state index is 10.4. The highest BCUT2D eigenvalue weighted by atomic mass is 16.5. The zero-order chi connectivity index (χ0) is 8.97. The highest BCUT2D eigenvalue weighted by Gasteiger charge is 2.00. The summed E-state index contributed by atoms with van der Waals surface area (Å²) in [6, 6.07) is 5.24. The first-order chi connectivity index (χ1) is 5.81. The highest BCUT2D eigenvalue weighted by molar-refractivity contribution is 5.77. The van der Waals surface area contributed by atoms with Crippen LogP contribution in [0.4, 0.5) is 5.69 Å². The number of aldehydes is 1. The van der Waals surface area contributed by atoms with Gasteiger partial charge in [0.15, 0.2) is 0 Å². The van der Waals surface area contributed by atoms with E-state index < -0.39 is 0 Å². The predicted molar refractivity (Wildman–Crippen MR) is 47.9 cm³/mol. The van der Waals surface area contributed by atoms with Gasteiger partial charge in [0.1, 0.15) is 12.0 Å². The van der Waals surface area contributed by atoms with Gasteiger partial charge in [-0.15, -0.1) is 0 Å². The first kappa shape index (κ1) is 8.59. The molecule has 0 aliphatic rings. The van der Waals surface area contributed by atoms with Gasteiger partial charge < -0.3 is 10.1 Å². The van der Waals surface area contributed by atoms with Crippen LogP contribution in [0.1, 0.15) is 10.4 Å². The summed E-state index contributed by atoms with van der Waals surface area (Å²) in [7, 11) is 3.38. The topological polar surface area (TPSA) is 38.3 Å². The van der Waals surface area contributed by atoms with Crippen LogP contribution < -0.4 is 10.1 Å². The van der Waals surface area contributed by atoms with Gasteiger partial charge in [-0.25, -0.2) is 0 Å². The number of hydrogen-bond donors (Lipinski definition) is 1. The van der Waals surface area contributed by atoms with Gasteiger partial charge in [0.25, 0.3) is 0 Å². The van der Waals surface area contributed by atoms with Gasteiger partial charge in [0, 0.05) is 12.6 Å². The molecular formula is C9H11NO2. The van der Waals surface area contributed by atoms with E-state index in [2.05, 4.69) is 5.32 Å². The summed E-state index contributed by atoms with van der Waals surface area (Å²) in [6.45, 7) is 0. The molecule has 64 valence electrons. The van der Waals surface area contributed by atoms with Gasteiger partial charge in [0.2, 0.25) is 0 Å². The van der Waals surface area contributed by atoms with Gasteiger partial charge in [-0.1, -0.05) is 0 Å². The summed E-state index contributed by atoms with van der Waals surface area (Å²) in [5.41, 5.74) is 1.49. The fourth-order valence-electron chi connectivity index (χ4n) is 0.988. The minimum Gasteiger partial charge on any atom is -0.495 e. The van der Waals surface area contributed by atoms with Crippen LogP contribution in [0.15, 0.2) is 18.2 Å². The van der Waals surface area contributed by atoms with Gasteiger partial charge in [-0.05, 0) is 18.2 Å². The molecule has 1 rings (SSSR count). The zero-order valence-electron chi connectivity index (χ0n) is 7.13. The summed E-state index contributed by atoms with van der Waals surface area (Å²) >= 11 is 0. The van der Waals surface area contributed by atoms with Crippen molar-refractivity contribution in [1.29, 1.82) is 0 Å². The molecule has 1 N–H and O–H groups in total. The molecule has 3 heteroatoms. The molecule has 0 fully saturated rings. The normalized spacial score (nSPS) is 9.17. The van der Waals surface area contributed by atoms with E-state index in [1.54, 1.807) is 26.3 Å². The van der Waals surface area contributed by atoms with Crippen LogP contribution >= 0.6 is 0 Å². The van der Waals surface area contributed by atoms with Crippen molar-refractivity contribution < 1.29 is 9.53 Å². The Kier molecular flexibility index (Phi) is 2.69. The van der Waals surface area contributed by atoms with Crippen LogP contribution in [-0.2, 0) is 0 Å². The summed E-state index contributed by atoms with van der Waals surface area (Å²) in [4.78, 5) is 10.4. The number of nitrogens with one attached hydrogen (secondary N) is 1. The van der Waals surface area contributed by atoms with Crippen LogP contribution in [0, 0.1) is 0 Å². The zero-order valence-corrected chi connectivity index (χ0v) is 7.13. The number of ether oxygens (including phenoxy) is 1. The lowest BCUT2D eigenvalue weighted by Gasteiger charge is -2.07. The fraction of sp³-hybridized carbons (Fsp3) is 0.222. The number of carbonyl (C=O) groups is 1.